The standard InChI is InChI=1S/C16H27N3OS/c1-4-8-16(9-6-10-18-16)15(20)17-12-13(19(2)3)14-7-5-11-21-14/h5,7,11,13,18H,4,6,8-10,12H2,1-3H3,(H,17,20). The van der Waals surface area contributed by atoms with Crippen LogP contribution >= 0.6 is 11.3 Å². The zero-order valence-electron chi connectivity index (χ0n) is 13.3. The Labute approximate surface area is 131 Å². The van der Waals surface area contributed by atoms with E-state index in [4.69, 9.17) is 0 Å². The van der Waals surface area contributed by atoms with Gasteiger partial charge in [0, 0.05) is 11.4 Å². The van der Waals surface area contributed by atoms with E-state index in [9.17, 15) is 4.79 Å². The quantitative estimate of drug-likeness (QED) is 0.813. The first-order valence-corrected chi connectivity index (χ1v) is 8.70. The Balaban J connectivity index is 1.98. The number of carbonyl (C=O) groups is 1. The predicted molar refractivity (Wildman–Crippen MR) is 88.6 cm³/mol. The third-order valence-electron chi connectivity index (χ3n) is 4.31. The van der Waals surface area contributed by atoms with E-state index in [2.05, 4.69) is 54.1 Å². The average molecular weight is 309 g/mol. The van der Waals surface area contributed by atoms with Gasteiger partial charge in [-0.15, -0.1) is 11.3 Å². The van der Waals surface area contributed by atoms with Gasteiger partial charge in [-0.05, 0) is 51.3 Å². The Morgan fingerprint density at radius 2 is 2.38 bits per heavy atom. The molecule has 2 N–H and O–H groups in total. The fourth-order valence-corrected chi connectivity index (χ4v) is 4.05. The molecule has 1 saturated heterocycles. The van der Waals surface area contributed by atoms with Crippen molar-refractivity contribution >= 4 is 17.2 Å². The molecule has 0 aromatic carbocycles. The second kappa shape index (κ2) is 7.38. The van der Waals surface area contributed by atoms with E-state index in [0.29, 0.717) is 6.54 Å². The van der Waals surface area contributed by atoms with Crippen molar-refractivity contribution in [1.29, 1.82) is 0 Å². The number of hydrogen-bond acceptors (Lipinski definition) is 4. The summed E-state index contributed by atoms with van der Waals surface area (Å²) in [6, 6.07) is 4.45. The first-order valence-electron chi connectivity index (χ1n) is 7.82. The summed E-state index contributed by atoms with van der Waals surface area (Å²) in [4.78, 5) is 16.1. The summed E-state index contributed by atoms with van der Waals surface area (Å²) in [6.45, 7) is 3.76. The summed E-state index contributed by atoms with van der Waals surface area (Å²) < 4.78 is 0. The number of nitrogens with one attached hydrogen (secondary N) is 2. The van der Waals surface area contributed by atoms with Crippen molar-refractivity contribution in [2.45, 2.75) is 44.2 Å². The molecular formula is C16H27N3OS. The van der Waals surface area contributed by atoms with Gasteiger partial charge in [0.2, 0.25) is 5.91 Å². The molecule has 0 spiro atoms. The zero-order valence-corrected chi connectivity index (χ0v) is 14.1. The van der Waals surface area contributed by atoms with Crippen LogP contribution in [0.2, 0.25) is 0 Å². The molecule has 1 amide bonds. The lowest BCUT2D eigenvalue weighted by atomic mass is 9.91. The van der Waals surface area contributed by atoms with Gasteiger partial charge >= 0.3 is 0 Å². The zero-order chi connectivity index (χ0) is 15.3. The first-order chi connectivity index (χ1) is 10.1. The molecule has 0 aliphatic carbocycles. The predicted octanol–water partition coefficient (Wildman–Crippen LogP) is 2.39. The van der Waals surface area contributed by atoms with E-state index in [-0.39, 0.29) is 17.5 Å². The molecule has 2 unspecified atom stereocenters. The number of likely N-dealkylation sites (N-methyl/N-ethyl adjacent to an activating group) is 1. The van der Waals surface area contributed by atoms with Crippen molar-refractivity contribution in [3.63, 3.8) is 0 Å². The van der Waals surface area contributed by atoms with Crippen molar-refractivity contribution < 1.29 is 4.79 Å². The van der Waals surface area contributed by atoms with Crippen LogP contribution in [0.3, 0.4) is 0 Å². The molecule has 0 radical (unpaired) electrons. The highest BCUT2D eigenvalue weighted by Crippen LogP contribution is 2.26. The van der Waals surface area contributed by atoms with E-state index in [1.54, 1.807) is 11.3 Å². The first kappa shape index (κ1) is 16.5. The molecule has 1 aromatic rings. The van der Waals surface area contributed by atoms with Crippen LogP contribution < -0.4 is 10.6 Å². The molecular weight excluding hydrogens is 282 g/mol. The van der Waals surface area contributed by atoms with Gasteiger partial charge in [0.05, 0.1) is 11.6 Å². The van der Waals surface area contributed by atoms with Gasteiger partial charge in [-0.25, -0.2) is 0 Å². The van der Waals surface area contributed by atoms with E-state index >= 15 is 0 Å². The highest BCUT2D eigenvalue weighted by atomic mass is 32.1. The SMILES string of the molecule is CCCC1(C(=O)NCC(c2cccs2)N(C)C)CCCN1. The lowest BCUT2D eigenvalue weighted by Crippen LogP contribution is -2.54. The third-order valence-corrected chi connectivity index (χ3v) is 5.28. The largest absolute Gasteiger partial charge is 0.353 e. The minimum absolute atomic E-state index is 0.172. The maximum atomic E-state index is 12.7. The second-order valence-electron chi connectivity index (χ2n) is 6.07. The van der Waals surface area contributed by atoms with Crippen LogP contribution in [0.1, 0.15) is 43.5 Å². The highest BCUT2D eigenvalue weighted by molar-refractivity contribution is 7.10. The minimum Gasteiger partial charge on any atom is -0.353 e. The normalized spacial score (nSPS) is 23.4. The van der Waals surface area contributed by atoms with Gasteiger partial charge in [0.25, 0.3) is 0 Å². The van der Waals surface area contributed by atoms with Gasteiger partial charge in [0.15, 0.2) is 0 Å². The lowest BCUT2D eigenvalue weighted by molar-refractivity contribution is -0.127. The van der Waals surface area contributed by atoms with Crippen LogP contribution in [0.25, 0.3) is 0 Å². The number of hydrogen-bond donors (Lipinski definition) is 2. The highest BCUT2D eigenvalue weighted by Gasteiger charge is 2.39. The van der Waals surface area contributed by atoms with E-state index in [1.165, 1.54) is 4.88 Å². The summed E-state index contributed by atoms with van der Waals surface area (Å²) in [5, 5.41) is 8.71. The Kier molecular flexibility index (Phi) is 5.79. The van der Waals surface area contributed by atoms with Gasteiger partial charge < -0.3 is 15.5 Å². The monoisotopic (exact) mass is 309 g/mol. The van der Waals surface area contributed by atoms with Crippen LogP contribution in [0.4, 0.5) is 0 Å². The van der Waals surface area contributed by atoms with Crippen LogP contribution in [0.5, 0.6) is 0 Å². The topological polar surface area (TPSA) is 44.4 Å². The van der Waals surface area contributed by atoms with Gasteiger partial charge in [0.1, 0.15) is 0 Å². The van der Waals surface area contributed by atoms with Crippen molar-refractivity contribution in [3.05, 3.63) is 22.4 Å². The van der Waals surface area contributed by atoms with E-state index < -0.39 is 0 Å². The molecule has 2 rings (SSSR count). The summed E-state index contributed by atoms with van der Waals surface area (Å²) in [7, 11) is 4.12. The Hall–Kier alpha value is -0.910. The van der Waals surface area contributed by atoms with Crippen molar-refractivity contribution in [1.82, 2.24) is 15.5 Å². The summed E-state index contributed by atoms with van der Waals surface area (Å²) >= 11 is 1.74. The second-order valence-corrected chi connectivity index (χ2v) is 7.05. The Morgan fingerprint density at radius 1 is 1.57 bits per heavy atom. The number of thiophene rings is 1. The van der Waals surface area contributed by atoms with Crippen LogP contribution in [-0.2, 0) is 4.79 Å². The summed E-state index contributed by atoms with van der Waals surface area (Å²) in [5.74, 6) is 0.172. The fourth-order valence-electron chi connectivity index (χ4n) is 3.13. The third kappa shape index (κ3) is 3.84. The molecule has 0 saturated carbocycles. The van der Waals surface area contributed by atoms with Crippen molar-refractivity contribution in [2.75, 3.05) is 27.2 Å². The molecule has 5 heteroatoms. The molecule has 118 valence electrons. The van der Waals surface area contributed by atoms with Crippen LogP contribution in [0, 0.1) is 0 Å². The molecule has 4 nitrogen and oxygen atoms in total. The lowest BCUT2D eigenvalue weighted by Gasteiger charge is -2.30. The Morgan fingerprint density at radius 3 is 2.90 bits per heavy atom. The van der Waals surface area contributed by atoms with Gasteiger partial charge in [-0.2, -0.15) is 0 Å². The minimum atomic E-state index is -0.332. The number of amides is 1. The van der Waals surface area contributed by atoms with E-state index in [0.717, 1.165) is 32.2 Å². The molecule has 2 heterocycles. The van der Waals surface area contributed by atoms with Crippen molar-refractivity contribution in [3.8, 4) is 0 Å². The molecule has 2 atom stereocenters. The number of carbonyl (C=O) groups excluding carboxylic acids is 1. The molecule has 0 bridgehead atoms. The van der Waals surface area contributed by atoms with Crippen molar-refractivity contribution in [2.24, 2.45) is 0 Å². The summed E-state index contributed by atoms with van der Waals surface area (Å²) in [5.41, 5.74) is -0.332. The van der Waals surface area contributed by atoms with E-state index in [1.807, 2.05) is 0 Å². The van der Waals surface area contributed by atoms with Gasteiger partial charge in [-0.1, -0.05) is 19.4 Å². The average Bonchev–Trinajstić information content (AvgIpc) is 3.10. The molecule has 21 heavy (non-hydrogen) atoms. The molecule has 1 fully saturated rings. The molecule has 1 aromatic heterocycles. The maximum absolute atomic E-state index is 12.7. The maximum Gasteiger partial charge on any atom is 0.240 e. The van der Waals surface area contributed by atoms with Gasteiger partial charge in [-0.3, -0.25) is 4.79 Å². The Bertz CT molecular complexity index is 438. The van der Waals surface area contributed by atoms with Crippen LogP contribution in [0.15, 0.2) is 17.5 Å². The smallest absolute Gasteiger partial charge is 0.240 e. The molecule has 1 aliphatic heterocycles. The van der Waals surface area contributed by atoms with Crippen LogP contribution in [-0.4, -0.2) is 43.5 Å². The fraction of sp³-hybridized carbons (Fsp3) is 0.688. The number of nitrogens with zero attached hydrogens (tertiary/aromatic N) is 1. The summed E-state index contributed by atoms with van der Waals surface area (Å²) in [6.07, 6.45) is 4.00. The number of rotatable bonds is 7. The molecule has 1 aliphatic rings.